The molecule has 0 spiro atoms. The molecule has 0 aliphatic heterocycles. The summed E-state index contributed by atoms with van der Waals surface area (Å²) in [4.78, 5) is 27.1. The van der Waals surface area contributed by atoms with E-state index in [4.69, 9.17) is 0 Å². The lowest BCUT2D eigenvalue weighted by molar-refractivity contribution is 0.0991. The normalized spacial score (nSPS) is 15.1. The van der Waals surface area contributed by atoms with Crippen molar-refractivity contribution in [2.24, 2.45) is 0 Å². The number of carbonyl (C=O) groups excluding carboxylic acids is 2. The summed E-state index contributed by atoms with van der Waals surface area (Å²) in [5, 5.41) is 0. The molecule has 1 heterocycles. The van der Waals surface area contributed by atoms with Crippen molar-refractivity contribution in [3.63, 3.8) is 0 Å². The highest BCUT2D eigenvalue weighted by Gasteiger charge is 2.24. The first-order valence-corrected chi connectivity index (χ1v) is 4.82. The lowest BCUT2D eigenvalue weighted by atomic mass is 9.96. The summed E-state index contributed by atoms with van der Waals surface area (Å²) in [5.74, 6) is -0.343. The topological polar surface area (TPSA) is 47.0 Å². The van der Waals surface area contributed by atoms with E-state index in [-0.39, 0.29) is 11.6 Å². The Balaban J connectivity index is 2.69. The van der Waals surface area contributed by atoms with Gasteiger partial charge in [0.05, 0.1) is 10.0 Å². The molecule has 1 aliphatic carbocycles. The van der Waals surface area contributed by atoms with Gasteiger partial charge in [-0.25, -0.2) is 0 Å². The number of Topliss-reactive ketones (excluding diaryl/α,β-unsaturated/α-hetero) is 1. The van der Waals surface area contributed by atoms with Gasteiger partial charge in [0.15, 0.2) is 5.78 Å². The maximum absolute atomic E-state index is 11.6. The fourth-order valence-corrected chi connectivity index (χ4v) is 1.75. The van der Waals surface area contributed by atoms with Gasteiger partial charge in [-0.2, -0.15) is 0 Å². The molecule has 4 heteroatoms. The molecule has 14 heavy (non-hydrogen) atoms. The van der Waals surface area contributed by atoms with Crippen LogP contribution in [0.25, 0.3) is 0 Å². The average Bonchev–Trinajstić information content (AvgIpc) is 2.14. The number of allylic oxidation sites excluding steroid dienone is 2. The number of hydrogen-bond donors (Lipinski definition) is 0. The van der Waals surface area contributed by atoms with Crippen LogP contribution in [0, 0.1) is 6.92 Å². The van der Waals surface area contributed by atoms with Crippen molar-refractivity contribution in [3.05, 3.63) is 39.6 Å². The van der Waals surface area contributed by atoms with Crippen molar-refractivity contribution in [2.45, 2.75) is 6.92 Å². The largest absolute Gasteiger partial charge is 0.289 e. The van der Waals surface area contributed by atoms with E-state index >= 15 is 0 Å². The molecule has 0 unspecified atom stereocenters. The quantitative estimate of drug-likeness (QED) is 0.709. The second kappa shape index (κ2) is 3.13. The molecule has 70 valence electrons. The first kappa shape index (κ1) is 9.27. The van der Waals surface area contributed by atoms with Gasteiger partial charge in [0.2, 0.25) is 5.78 Å². The average molecular weight is 252 g/mol. The molecular formula is C10H6BrNO2. The Morgan fingerprint density at radius 3 is 2.71 bits per heavy atom. The molecular weight excluding hydrogens is 246 g/mol. The summed E-state index contributed by atoms with van der Waals surface area (Å²) in [7, 11) is 0. The van der Waals surface area contributed by atoms with Crippen LogP contribution in [0.15, 0.2) is 22.8 Å². The molecule has 1 aliphatic rings. The molecule has 0 N–H and O–H groups in total. The van der Waals surface area contributed by atoms with Crippen LogP contribution >= 0.6 is 15.9 Å². The van der Waals surface area contributed by atoms with Gasteiger partial charge < -0.3 is 0 Å². The van der Waals surface area contributed by atoms with Crippen LogP contribution in [-0.4, -0.2) is 16.6 Å². The first-order chi connectivity index (χ1) is 6.59. The van der Waals surface area contributed by atoms with Crippen molar-refractivity contribution in [1.82, 2.24) is 4.98 Å². The Kier molecular flexibility index (Phi) is 2.07. The Labute approximate surface area is 89.0 Å². The number of pyridine rings is 1. The van der Waals surface area contributed by atoms with E-state index < -0.39 is 0 Å². The Morgan fingerprint density at radius 1 is 1.29 bits per heavy atom. The van der Waals surface area contributed by atoms with Crippen LogP contribution in [0.1, 0.15) is 26.4 Å². The van der Waals surface area contributed by atoms with Gasteiger partial charge in [0, 0.05) is 23.5 Å². The van der Waals surface area contributed by atoms with Gasteiger partial charge >= 0.3 is 0 Å². The number of aromatic nitrogens is 1. The van der Waals surface area contributed by atoms with Gasteiger partial charge in [-0.1, -0.05) is 0 Å². The third-order valence-electron chi connectivity index (χ3n) is 2.03. The molecule has 0 bridgehead atoms. The third-order valence-corrected chi connectivity index (χ3v) is 2.61. The zero-order valence-corrected chi connectivity index (χ0v) is 8.96. The minimum absolute atomic E-state index is 0.156. The highest BCUT2D eigenvalue weighted by atomic mass is 79.9. The molecule has 2 rings (SSSR count). The Bertz CT molecular complexity index is 477. The number of ketones is 2. The molecule has 0 amide bonds. The number of hydrogen-bond acceptors (Lipinski definition) is 3. The predicted molar refractivity (Wildman–Crippen MR) is 54.6 cm³/mol. The maximum Gasteiger partial charge on any atom is 0.202 e. The van der Waals surface area contributed by atoms with Crippen molar-refractivity contribution in [3.8, 4) is 0 Å². The standard InChI is InChI=1S/C10H6BrNO2/c1-5-2-6-7(4-12-5)10(14)8(11)3-9(6)13/h2-4H,1H3. The summed E-state index contributed by atoms with van der Waals surface area (Å²) >= 11 is 3.05. The molecule has 0 radical (unpaired) electrons. The maximum atomic E-state index is 11.6. The van der Waals surface area contributed by atoms with E-state index in [0.717, 1.165) is 5.69 Å². The smallest absolute Gasteiger partial charge is 0.202 e. The van der Waals surface area contributed by atoms with Crippen LogP contribution in [0.4, 0.5) is 0 Å². The predicted octanol–water partition coefficient (Wildman–Crippen LogP) is 2.05. The van der Waals surface area contributed by atoms with Gasteiger partial charge in [0.1, 0.15) is 0 Å². The summed E-state index contributed by atoms with van der Waals surface area (Å²) < 4.78 is 0.292. The van der Waals surface area contributed by atoms with E-state index in [1.807, 2.05) is 0 Å². The molecule has 1 aromatic heterocycles. The van der Waals surface area contributed by atoms with E-state index in [0.29, 0.717) is 15.6 Å². The SMILES string of the molecule is Cc1cc2c(cn1)C(=O)C(Br)=CC2=O. The van der Waals surface area contributed by atoms with Gasteiger partial charge in [0.25, 0.3) is 0 Å². The summed E-state index contributed by atoms with van der Waals surface area (Å²) in [5.41, 5.74) is 1.54. The molecule has 1 aromatic rings. The Hall–Kier alpha value is -1.29. The summed E-state index contributed by atoms with van der Waals surface area (Å²) in [6.45, 7) is 1.78. The second-order valence-corrected chi connectivity index (χ2v) is 3.91. The minimum Gasteiger partial charge on any atom is -0.289 e. The zero-order valence-electron chi connectivity index (χ0n) is 7.37. The van der Waals surface area contributed by atoms with Crippen molar-refractivity contribution in [1.29, 1.82) is 0 Å². The van der Waals surface area contributed by atoms with Gasteiger partial charge in [-0.05, 0) is 28.9 Å². The van der Waals surface area contributed by atoms with Gasteiger partial charge in [-0.15, -0.1) is 0 Å². The van der Waals surface area contributed by atoms with Crippen LogP contribution in [0.5, 0.6) is 0 Å². The van der Waals surface area contributed by atoms with Crippen molar-refractivity contribution < 1.29 is 9.59 Å². The monoisotopic (exact) mass is 251 g/mol. The number of nitrogens with zero attached hydrogens (tertiary/aromatic N) is 1. The number of halogens is 1. The first-order valence-electron chi connectivity index (χ1n) is 4.02. The summed E-state index contributed by atoms with van der Waals surface area (Å²) in [6.07, 6.45) is 2.74. The van der Waals surface area contributed by atoms with E-state index in [2.05, 4.69) is 20.9 Å². The molecule has 0 aromatic carbocycles. The van der Waals surface area contributed by atoms with Crippen LogP contribution < -0.4 is 0 Å². The van der Waals surface area contributed by atoms with E-state index in [1.54, 1.807) is 13.0 Å². The lowest BCUT2D eigenvalue weighted by Crippen LogP contribution is -2.15. The third kappa shape index (κ3) is 1.32. The Morgan fingerprint density at radius 2 is 2.00 bits per heavy atom. The number of fused-ring (bicyclic) bond motifs is 1. The van der Waals surface area contributed by atoms with E-state index in [1.165, 1.54) is 12.3 Å². The zero-order chi connectivity index (χ0) is 10.3. The molecule has 0 saturated carbocycles. The fourth-order valence-electron chi connectivity index (χ4n) is 1.33. The summed E-state index contributed by atoms with van der Waals surface area (Å²) in [6, 6.07) is 1.63. The molecule has 0 atom stereocenters. The lowest BCUT2D eigenvalue weighted by Gasteiger charge is -2.10. The number of aryl methyl sites for hydroxylation is 1. The van der Waals surface area contributed by atoms with Crippen LogP contribution in [0.3, 0.4) is 0 Å². The number of rotatable bonds is 0. The highest BCUT2D eigenvalue weighted by molar-refractivity contribution is 9.12. The number of carbonyl (C=O) groups is 2. The minimum atomic E-state index is -0.188. The molecule has 0 saturated heterocycles. The van der Waals surface area contributed by atoms with Crippen LogP contribution in [-0.2, 0) is 0 Å². The highest BCUT2D eigenvalue weighted by Crippen LogP contribution is 2.24. The van der Waals surface area contributed by atoms with Crippen molar-refractivity contribution >= 4 is 27.5 Å². The van der Waals surface area contributed by atoms with Crippen molar-refractivity contribution in [2.75, 3.05) is 0 Å². The molecule has 3 nitrogen and oxygen atoms in total. The molecule has 0 fully saturated rings. The second-order valence-electron chi connectivity index (χ2n) is 3.06. The fraction of sp³-hybridized carbons (Fsp3) is 0.100. The van der Waals surface area contributed by atoms with Crippen LogP contribution in [0.2, 0.25) is 0 Å². The van der Waals surface area contributed by atoms with Gasteiger partial charge in [-0.3, -0.25) is 14.6 Å². The van der Waals surface area contributed by atoms with E-state index in [9.17, 15) is 9.59 Å².